The molecule has 0 aliphatic rings. The number of carbonyl (C=O) groups excluding carboxylic acids is 1. The zero-order valence-electron chi connectivity index (χ0n) is 17.4. The number of aromatic nitrogens is 3. The first-order valence-corrected chi connectivity index (χ1v) is 10.0. The highest BCUT2D eigenvalue weighted by Crippen LogP contribution is 2.26. The molecule has 8 nitrogen and oxygen atoms in total. The van der Waals surface area contributed by atoms with Crippen molar-refractivity contribution in [1.29, 1.82) is 0 Å². The van der Waals surface area contributed by atoms with Crippen molar-refractivity contribution >= 4 is 34.1 Å². The van der Waals surface area contributed by atoms with Crippen molar-refractivity contribution in [3.05, 3.63) is 41.8 Å². The molecule has 2 heterocycles. The van der Waals surface area contributed by atoms with Crippen LogP contribution in [0.15, 0.2) is 30.5 Å². The van der Waals surface area contributed by atoms with Gasteiger partial charge < -0.3 is 22.1 Å². The number of anilines is 3. The van der Waals surface area contributed by atoms with Crippen LogP contribution in [0.2, 0.25) is 0 Å². The van der Waals surface area contributed by atoms with E-state index >= 15 is 0 Å². The Morgan fingerprint density at radius 2 is 2.03 bits per heavy atom. The fraction of sp³-hybridized carbons (Fsp3) is 0.381. The molecule has 30 heavy (non-hydrogen) atoms. The molecule has 0 unspecified atom stereocenters. The first kappa shape index (κ1) is 21.5. The van der Waals surface area contributed by atoms with Gasteiger partial charge in [-0.3, -0.25) is 9.48 Å². The van der Waals surface area contributed by atoms with E-state index < -0.39 is 11.7 Å². The van der Waals surface area contributed by atoms with Crippen LogP contribution in [0, 0.1) is 11.7 Å². The lowest BCUT2D eigenvalue weighted by atomic mass is 10.0. The Hall–Kier alpha value is -3.20. The van der Waals surface area contributed by atoms with Gasteiger partial charge in [0.25, 0.3) is 5.91 Å². The van der Waals surface area contributed by atoms with E-state index in [1.54, 1.807) is 6.20 Å². The van der Waals surface area contributed by atoms with Gasteiger partial charge in [0.1, 0.15) is 5.82 Å². The number of hydrogen-bond donors (Lipinski definition) is 4. The molecule has 0 saturated heterocycles. The molecule has 9 heteroatoms. The molecule has 0 spiro atoms. The van der Waals surface area contributed by atoms with Crippen molar-refractivity contribution in [2.75, 3.05) is 17.2 Å². The monoisotopic (exact) mass is 413 g/mol. The third-order valence-electron chi connectivity index (χ3n) is 4.83. The van der Waals surface area contributed by atoms with Crippen molar-refractivity contribution in [1.82, 2.24) is 14.8 Å². The number of primary amides is 1. The van der Waals surface area contributed by atoms with E-state index in [2.05, 4.69) is 34.6 Å². The van der Waals surface area contributed by atoms with Gasteiger partial charge in [-0.05, 0) is 43.5 Å². The average molecular weight is 414 g/mol. The molecule has 0 aliphatic heterocycles. The number of fused-ring (bicyclic) bond motifs is 1. The van der Waals surface area contributed by atoms with E-state index in [1.807, 2.05) is 29.8 Å². The minimum Gasteiger partial charge on any atom is -0.365 e. The van der Waals surface area contributed by atoms with Crippen molar-refractivity contribution in [3.63, 3.8) is 0 Å². The third-order valence-corrected chi connectivity index (χ3v) is 4.83. The number of carbonyl (C=O) groups is 1. The van der Waals surface area contributed by atoms with Crippen LogP contribution in [0.4, 0.5) is 21.7 Å². The summed E-state index contributed by atoms with van der Waals surface area (Å²) >= 11 is 0. The number of halogens is 1. The van der Waals surface area contributed by atoms with Crippen LogP contribution in [0.3, 0.4) is 0 Å². The summed E-state index contributed by atoms with van der Waals surface area (Å²) in [5.41, 5.74) is 12.9. The Bertz CT molecular complexity index is 1050. The van der Waals surface area contributed by atoms with E-state index in [9.17, 15) is 9.18 Å². The first-order chi connectivity index (χ1) is 14.3. The van der Waals surface area contributed by atoms with Gasteiger partial charge in [0.05, 0.1) is 17.3 Å². The van der Waals surface area contributed by atoms with Crippen LogP contribution >= 0.6 is 0 Å². The highest BCUT2D eigenvalue weighted by Gasteiger charge is 2.19. The predicted molar refractivity (Wildman–Crippen MR) is 117 cm³/mol. The fourth-order valence-corrected chi connectivity index (χ4v) is 3.39. The number of nitrogens with zero attached hydrogens (tertiary/aromatic N) is 3. The van der Waals surface area contributed by atoms with Gasteiger partial charge in [-0.2, -0.15) is 5.10 Å². The molecule has 0 aliphatic carbocycles. The molecule has 6 N–H and O–H groups in total. The quantitative estimate of drug-likeness (QED) is 0.427. The second-order valence-corrected chi connectivity index (χ2v) is 7.64. The van der Waals surface area contributed by atoms with E-state index in [-0.39, 0.29) is 23.2 Å². The lowest BCUT2D eigenvalue weighted by Crippen LogP contribution is -2.31. The average Bonchev–Trinajstić information content (AvgIpc) is 3.11. The summed E-state index contributed by atoms with van der Waals surface area (Å²) in [7, 11) is 0. The number of rotatable bonds is 9. The number of amides is 1. The van der Waals surface area contributed by atoms with Crippen LogP contribution in [0.25, 0.3) is 10.9 Å². The Balaban J connectivity index is 1.97. The normalized spacial score (nSPS) is 12.3. The zero-order valence-corrected chi connectivity index (χ0v) is 17.4. The number of nitrogens with one attached hydrogen (secondary N) is 2. The van der Waals surface area contributed by atoms with E-state index in [4.69, 9.17) is 11.5 Å². The Morgan fingerprint density at radius 3 is 2.67 bits per heavy atom. The Morgan fingerprint density at radius 1 is 1.27 bits per heavy atom. The summed E-state index contributed by atoms with van der Waals surface area (Å²) < 4.78 is 16.5. The molecular weight excluding hydrogens is 385 g/mol. The minimum absolute atomic E-state index is 0.0262. The maximum absolute atomic E-state index is 14.6. The fourth-order valence-electron chi connectivity index (χ4n) is 3.39. The second kappa shape index (κ2) is 9.08. The van der Waals surface area contributed by atoms with Crippen LogP contribution in [0.1, 0.15) is 37.6 Å². The van der Waals surface area contributed by atoms with Gasteiger partial charge in [0, 0.05) is 30.2 Å². The third kappa shape index (κ3) is 4.68. The molecule has 1 aromatic carbocycles. The molecule has 0 radical (unpaired) electrons. The molecule has 3 rings (SSSR count). The largest absolute Gasteiger partial charge is 0.365 e. The maximum atomic E-state index is 14.6. The Kier molecular flexibility index (Phi) is 6.51. The van der Waals surface area contributed by atoms with E-state index in [0.29, 0.717) is 18.2 Å². The van der Waals surface area contributed by atoms with Crippen molar-refractivity contribution in [2.24, 2.45) is 17.4 Å². The molecule has 0 fully saturated rings. The number of nitrogens with two attached hydrogens (primary N) is 2. The van der Waals surface area contributed by atoms with Gasteiger partial charge in [-0.1, -0.05) is 13.8 Å². The summed E-state index contributed by atoms with van der Waals surface area (Å²) in [4.78, 5) is 16.2. The van der Waals surface area contributed by atoms with Crippen LogP contribution in [-0.2, 0) is 6.54 Å². The minimum atomic E-state index is -0.771. The van der Waals surface area contributed by atoms with Gasteiger partial charge >= 0.3 is 0 Å². The molecular formula is C21H28FN7O. The van der Waals surface area contributed by atoms with Crippen molar-refractivity contribution < 1.29 is 9.18 Å². The lowest BCUT2D eigenvalue weighted by molar-refractivity contribution is 0.100. The van der Waals surface area contributed by atoms with Crippen LogP contribution < -0.4 is 22.1 Å². The van der Waals surface area contributed by atoms with Crippen LogP contribution in [0.5, 0.6) is 0 Å². The molecule has 2 aromatic heterocycles. The molecule has 3 aromatic rings. The molecule has 1 amide bonds. The lowest BCUT2D eigenvalue weighted by Gasteiger charge is -2.21. The van der Waals surface area contributed by atoms with Crippen molar-refractivity contribution in [3.8, 4) is 0 Å². The summed E-state index contributed by atoms with van der Waals surface area (Å²) in [5, 5.41) is 11.5. The summed E-state index contributed by atoms with van der Waals surface area (Å²) in [6.07, 6.45) is 2.55. The van der Waals surface area contributed by atoms with Gasteiger partial charge in [-0.25, -0.2) is 9.37 Å². The molecule has 160 valence electrons. The van der Waals surface area contributed by atoms with Gasteiger partial charge in [0.15, 0.2) is 11.6 Å². The van der Waals surface area contributed by atoms with Crippen molar-refractivity contribution in [2.45, 2.75) is 39.8 Å². The highest BCUT2D eigenvalue weighted by molar-refractivity contribution is 5.99. The first-order valence-electron chi connectivity index (χ1n) is 10.0. The highest BCUT2D eigenvalue weighted by atomic mass is 19.1. The van der Waals surface area contributed by atoms with E-state index in [0.717, 1.165) is 29.9 Å². The predicted octanol–water partition coefficient (Wildman–Crippen LogP) is 3.22. The molecule has 1 atom stereocenters. The van der Waals surface area contributed by atoms with Gasteiger partial charge in [0.2, 0.25) is 0 Å². The number of aryl methyl sites for hydroxylation is 1. The van der Waals surface area contributed by atoms with Gasteiger partial charge in [-0.15, -0.1) is 0 Å². The molecule has 0 bridgehead atoms. The smallest absolute Gasteiger partial charge is 0.252 e. The summed E-state index contributed by atoms with van der Waals surface area (Å²) in [6.45, 7) is 7.18. The summed E-state index contributed by atoms with van der Waals surface area (Å²) in [6, 6.07) is 6.60. The van der Waals surface area contributed by atoms with Crippen LogP contribution in [-0.4, -0.2) is 33.3 Å². The number of benzene rings is 1. The maximum Gasteiger partial charge on any atom is 0.252 e. The summed E-state index contributed by atoms with van der Waals surface area (Å²) in [5.74, 6) is -0.845. The zero-order chi connectivity index (χ0) is 21.8. The topological polar surface area (TPSA) is 124 Å². The standard InChI is InChI=1S/C21H28FN7O/c1-4-29-18-8-14(6-5-13(18)11-25-29)26-20-16(19(24)30)9-17(22)21(28-20)27-15(10-23)7-12(2)3/h5-6,8-9,11-12,15H,4,7,10,23H2,1-3H3,(H2,24,30)(H2,26,27,28)/t15-/m1/s1. The number of hydrogen-bond acceptors (Lipinski definition) is 6. The van der Waals surface area contributed by atoms with E-state index in [1.165, 1.54) is 0 Å². The second-order valence-electron chi connectivity index (χ2n) is 7.64. The number of pyridine rings is 1. The Labute approximate surface area is 174 Å². The molecule has 0 saturated carbocycles. The SMILES string of the molecule is CCn1ncc2ccc(Nc3nc(N[C@@H](CN)CC(C)C)c(F)cc3C(N)=O)cc21.